The standard InChI is InChI=1S/C13H28N4O/c1-11-4-6-12(7-5-11)10-16-13(17-14)15-8-3-9-18-2/h11-12H,3-10,14H2,1-2H3,(H2,15,16,17). The highest BCUT2D eigenvalue weighted by atomic mass is 16.5. The van der Waals surface area contributed by atoms with Gasteiger partial charge in [-0.25, -0.2) is 5.84 Å². The summed E-state index contributed by atoms with van der Waals surface area (Å²) in [4.78, 5) is 4.52. The van der Waals surface area contributed by atoms with E-state index < -0.39 is 0 Å². The van der Waals surface area contributed by atoms with Crippen LogP contribution >= 0.6 is 0 Å². The Bertz CT molecular complexity index is 237. The second kappa shape index (κ2) is 9.16. The molecule has 0 radical (unpaired) electrons. The first-order valence-corrected chi connectivity index (χ1v) is 7.00. The summed E-state index contributed by atoms with van der Waals surface area (Å²) in [7, 11) is 1.71. The smallest absolute Gasteiger partial charge is 0.205 e. The van der Waals surface area contributed by atoms with Crippen LogP contribution in [0, 0.1) is 11.8 Å². The lowest BCUT2D eigenvalue weighted by molar-refractivity contribution is 0.195. The third-order valence-corrected chi connectivity index (χ3v) is 3.60. The van der Waals surface area contributed by atoms with Gasteiger partial charge in [-0.05, 0) is 31.1 Å². The third-order valence-electron chi connectivity index (χ3n) is 3.60. The lowest BCUT2D eigenvalue weighted by Crippen LogP contribution is -2.42. The van der Waals surface area contributed by atoms with E-state index >= 15 is 0 Å². The summed E-state index contributed by atoms with van der Waals surface area (Å²) >= 11 is 0. The molecule has 0 atom stereocenters. The molecular formula is C13H28N4O. The number of rotatable bonds is 6. The van der Waals surface area contributed by atoms with Gasteiger partial charge in [-0.2, -0.15) is 0 Å². The normalized spacial score (nSPS) is 24.9. The fraction of sp³-hybridized carbons (Fsp3) is 0.923. The van der Waals surface area contributed by atoms with Crippen LogP contribution in [0.5, 0.6) is 0 Å². The van der Waals surface area contributed by atoms with Crippen molar-refractivity contribution in [3.05, 3.63) is 0 Å². The summed E-state index contributed by atoms with van der Waals surface area (Å²) in [6.45, 7) is 4.80. The van der Waals surface area contributed by atoms with Crippen molar-refractivity contribution in [2.24, 2.45) is 22.7 Å². The van der Waals surface area contributed by atoms with Crippen molar-refractivity contribution in [2.45, 2.75) is 39.0 Å². The molecular weight excluding hydrogens is 228 g/mol. The van der Waals surface area contributed by atoms with Gasteiger partial charge in [-0.1, -0.05) is 19.8 Å². The third kappa shape index (κ3) is 6.21. The van der Waals surface area contributed by atoms with E-state index in [0.717, 1.165) is 38.0 Å². The number of aliphatic imine (C=N–C) groups is 1. The zero-order valence-electron chi connectivity index (χ0n) is 11.7. The molecule has 106 valence electrons. The van der Waals surface area contributed by atoms with Crippen LogP contribution in [0.15, 0.2) is 4.99 Å². The van der Waals surface area contributed by atoms with Crippen LogP contribution in [0.1, 0.15) is 39.0 Å². The summed E-state index contributed by atoms with van der Waals surface area (Å²) in [6.07, 6.45) is 6.23. The number of hydrogen-bond acceptors (Lipinski definition) is 3. The number of ether oxygens (including phenoxy) is 1. The van der Waals surface area contributed by atoms with E-state index in [-0.39, 0.29) is 0 Å². The van der Waals surface area contributed by atoms with Gasteiger partial charge in [-0.15, -0.1) is 0 Å². The Labute approximate surface area is 111 Å². The second-order valence-electron chi connectivity index (χ2n) is 5.23. The Balaban J connectivity index is 2.20. The summed E-state index contributed by atoms with van der Waals surface area (Å²) in [6, 6.07) is 0. The number of nitrogens with two attached hydrogens (primary N) is 1. The number of methoxy groups -OCH3 is 1. The van der Waals surface area contributed by atoms with Gasteiger partial charge < -0.3 is 10.1 Å². The predicted molar refractivity (Wildman–Crippen MR) is 75.2 cm³/mol. The van der Waals surface area contributed by atoms with Gasteiger partial charge in [0.1, 0.15) is 0 Å². The molecule has 0 heterocycles. The summed E-state index contributed by atoms with van der Waals surface area (Å²) in [5, 5.41) is 3.19. The van der Waals surface area contributed by atoms with Crippen molar-refractivity contribution >= 4 is 5.96 Å². The first-order chi connectivity index (χ1) is 8.76. The van der Waals surface area contributed by atoms with Crippen LogP contribution < -0.4 is 16.6 Å². The van der Waals surface area contributed by atoms with Crippen molar-refractivity contribution in [3.63, 3.8) is 0 Å². The first kappa shape index (κ1) is 15.2. The molecule has 1 aliphatic rings. The van der Waals surface area contributed by atoms with Gasteiger partial charge in [0.2, 0.25) is 5.96 Å². The number of guanidine groups is 1. The van der Waals surface area contributed by atoms with Crippen LogP contribution in [0.4, 0.5) is 0 Å². The summed E-state index contributed by atoms with van der Waals surface area (Å²) in [5.41, 5.74) is 2.63. The SMILES string of the molecule is COCCCNC(=NCC1CCC(C)CC1)NN. The van der Waals surface area contributed by atoms with Gasteiger partial charge in [0.05, 0.1) is 0 Å². The average Bonchev–Trinajstić information content (AvgIpc) is 2.40. The maximum absolute atomic E-state index is 5.45. The molecule has 0 saturated heterocycles. The lowest BCUT2D eigenvalue weighted by atomic mass is 9.83. The highest BCUT2D eigenvalue weighted by Crippen LogP contribution is 2.28. The molecule has 0 spiro atoms. The fourth-order valence-electron chi connectivity index (χ4n) is 2.31. The predicted octanol–water partition coefficient (Wildman–Crippen LogP) is 1.26. The van der Waals surface area contributed by atoms with E-state index in [1.54, 1.807) is 7.11 Å². The van der Waals surface area contributed by atoms with E-state index in [4.69, 9.17) is 10.6 Å². The van der Waals surface area contributed by atoms with Crippen LogP contribution in [-0.2, 0) is 4.74 Å². The second-order valence-corrected chi connectivity index (χ2v) is 5.23. The number of hydrazine groups is 1. The minimum Gasteiger partial charge on any atom is -0.385 e. The van der Waals surface area contributed by atoms with E-state index in [9.17, 15) is 0 Å². The molecule has 0 aromatic heterocycles. The molecule has 0 aliphatic heterocycles. The number of nitrogens with one attached hydrogen (secondary N) is 2. The van der Waals surface area contributed by atoms with Gasteiger partial charge in [0.25, 0.3) is 0 Å². The zero-order chi connectivity index (χ0) is 13.2. The summed E-state index contributed by atoms with van der Waals surface area (Å²) < 4.78 is 4.99. The molecule has 1 fully saturated rings. The molecule has 18 heavy (non-hydrogen) atoms. The Morgan fingerprint density at radius 1 is 1.33 bits per heavy atom. The average molecular weight is 256 g/mol. The minimum absolute atomic E-state index is 0.699. The van der Waals surface area contributed by atoms with Crippen molar-refractivity contribution in [3.8, 4) is 0 Å². The van der Waals surface area contributed by atoms with Crippen molar-refractivity contribution < 1.29 is 4.74 Å². The first-order valence-electron chi connectivity index (χ1n) is 7.00. The Hall–Kier alpha value is -0.810. The van der Waals surface area contributed by atoms with Gasteiger partial charge in [-0.3, -0.25) is 10.4 Å². The van der Waals surface area contributed by atoms with Gasteiger partial charge >= 0.3 is 0 Å². The maximum Gasteiger partial charge on any atom is 0.205 e. The molecule has 0 bridgehead atoms. The molecule has 0 aromatic carbocycles. The zero-order valence-corrected chi connectivity index (χ0v) is 11.7. The largest absolute Gasteiger partial charge is 0.385 e. The van der Waals surface area contributed by atoms with E-state index in [2.05, 4.69) is 22.7 Å². The molecule has 1 saturated carbocycles. The highest BCUT2D eigenvalue weighted by molar-refractivity contribution is 5.79. The van der Waals surface area contributed by atoms with Crippen LogP contribution in [0.25, 0.3) is 0 Å². The fourth-order valence-corrected chi connectivity index (χ4v) is 2.31. The van der Waals surface area contributed by atoms with Crippen LogP contribution in [-0.4, -0.2) is 32.8 Å². The van der Waals surface area contributed by atoms with Gasteiger partial charge in [0, 0.05) is 26.8 Å². The Morgan fingerprint density at radius 3 is 2.67 bits per heavy atom. The van der Waals surface area contributed by atoms with Gasteiger partial charge in [0.15, 0.2) is 0 Å². The van der Waals surface area contributed by atoms with Crippen molar-refractivity contribution in [1.29, 1.82) is 0 Å². The van der Waals surface area contributed by atoms with E-state index in [0.29, 0.717) is 5.96 Å². The topological polar surface area (TPSA) is 71.7 Å². The van der Waals surface area contributed by atoms with E-state index in [1.807, 2.05) is 0 Å². The van der Waals surface area contributed by atoms with Crippen LogP contribution in [0.2, 0.25) is 0 Å². The molecule has 0 aromatic rings. The lowest BCUT2D eigenvalue weighted by Gasteiger charge is -2.25. The van der Waals surface area contributed by atoms with Crippen molar-refractivity contribution in [2.75, 3.05) is 26.8 Å². The molecule has 0 amide bonds. The molecule has 1 rings (SSSR count). The maximum atomic E-state index is 5.45. The molecule has 1 aliphatic carbocycles. The number of hydrogen-bond donors (Lipinski definition) is 3. The Morgan fingerprint density at radius 2 is 2.06 bits per heavy atom. The molecule has 4 N–H and O–H groups in total. The van der Waals surface area contributed by atoms with E-state index in [1.165, 1.54) is 25.7 Å². The van der Waals surface area contributed by atoms with Crippen molar-refractivity contribution in [1.82, 2.24) is 10.7 Å². The molecule has 5 nitrogen and oxygen atoms in total. The molecule has 0 unspecified atom stereocenters. The summed E-state index contributed by atoms with van der Waals surface area (Å²) in [5.74, 6) is 7.77. The number of nitrogens with zero attached hydrogens (tertiary/aromatic N) is 1. The Kier molecular flexibility index (Phi) is 7.76. The molecule has 5 heteroatoms. The minimum atomic E-state index is 0.699. The highest BCUT2D eigenvalue weighted by Gasteiger charge is 2.17. The quantitative estimate of drug-likeness (QED) is 0.220. The van der Waals surface area contributed by atoms with Crippen LogP contribution in [0.3, 0.4) is 0 Å². The monoisotopic (exact) mass is 256 g/mol.